The summed E-state index contributed by atoms with van der Waals surface area (Å²) in [4.78, 5) is 0. The maximum absolute atomic E-state index is 6.14. The van der Waals surface area contributed by atoms with Gasteiger partial charge in [0.25, 0.3) is 0 Å². The summed E-state index contributed by atoms with van der Waals surface area (Å²) in [6.45, 7) is 2.16. The molecule has 2 aromatic rings. The van der Waals surface area contributed by atoms with Crippen LogP contribution in [0.3, 0.4) is 0 Å². The minimum atomic E-state index is 0.703. The van der Waals surface area contributed by atoms with Crippen molar-refractivity contribution in [1.82, 2.24) is 0 Å². The van der Waals surface area contributed by atoms with Gasteiger partial charge in [0.2, 0.25) is 0 Å². The molecular weight excluding hydrogens is 263 g/mol. The maximum atomic E-state index is 6.14. The van der Waals surface area contributed by atoms with Crippen molar-refractivity contribution in [2.75, 3.05) is 0 Å². The molecule has 0 unspecified atom stereocenters. The molecule has 2 rings (SSSR count). The quantitative estimate of drug-likeness (QED) is 0.707. The summed E-state index contributed by atoms with van der Waals surface area (Å²) in [5.74, 6) is 0. The second kappa shape index (κ2) is 6.26. The average Bonchev–Trinajstić information content (AvgIpc) is 2.38. The van der Waals surface area contributed by atoms with Gasteiger partial charge in [0.1, 0.15) is 0 Å². The fourth-order valence-corrected chi connectivity index (χ4v) is 2.45. The number of rotatable bonds is 4. The number of aryl methyl sites for hydroxylation is 1. The van der Waals surface area contributed by atoms with E-state index in [4.69, 9.17) is 23.2 Å². The molecule has 0 heterocycles. The molecule has 0 saturated carbocycles. The van der Waals surface area contributed by atoms with Crippen LogP contribution in [0.25, 0.3) is 0 Å². The third kappa shape index (κ3) is 3.28. The Morgan fingerprint density at radius 2 is 1.56 bits per heavy atom. The highest BCUT2D eigenvalue weighted by Crippen LogP contribution is 2.26. The first-order valence-electron chi connectivity index (χ1n) is 6.05. The summed E-state index contributed by atoms with van der Waals surface area (Å²) in [5.41, 5.74) is 3.55. The summed E-state index contributed by atoms with van der Waals surface area (Å²) in [7, 11) is 0. The van der Waals surface area contributed by atoms with Gasteiger partial charge in [-0.3, -0.25) is 0 Å². The second-order valence-electron chi connectivity index (χ2n) is 4.22. The van der Waals surface area contributed by atoms with Crippen molar-refractivity contribution in [2.45, 2.75) is 19.8 Å². The van der Waals surface area contributed by atoms with Gasteiger partial charge >= 0.3 is 0 Å². The first-order valence-corrected chi connectivity index (χ1v) is 6.81. The van der Waals surface area contributed by atoms with Crippen LogP contribution in [-0.4, -0.2) is 0 Å². The highest BCUT2D eigenvalue weighted by atomic mass is 35.5. The Morgan fingerprint density at radius 1 is 0.944 bits per heavy atom. The third-order valence-corrected chi connectivity index (χ3v) is 3.60. The molecule has 0 spiro atoms. The molecule has 0 aromatic heterocycles. The van der Waals surface area contributed by atoms with Gasteiger partial charge in [-0.1, -0.05) is 60.5 Å². The first kappa shape index (κ1) is 13.5. The number of hydrogen-bond donors (Lipinski definition) is 0. The largest absolute Gasteiger partial charge is 0.0840 e. The van der Waals surface area contributed by atoms with Crippen LogP contribution < -0.4 is 0 Å². The molecule has 0 amide bonds. The van der Waals surface area contributed by atoms with E-state index < -0.39 is 0 Å². The van der Waals surface area contributed by atoms with Crippen LogP contribution in [0.4, 0.5) is 0 Å². The summed E-state index contributed by atoms with van der Waals surface area (Å²) in [5, 5.41) is 1.41. The van der Waals surface area contributed by atoms with Crippen molar-refractivity contribution < 1.29 is 0 Å². The van der Waals surface area contributed by atoms with Gasteiger partial charge in [0, 0.05) is 10.0 Å². The Hall–Kier alpha value is -0.980. The highest BCUT2D eigenvalue weighted by Gasteiger charge is 2.06. The van der Waals surface area contributed by atoms with Crippen molar-refractivity contribution >= 4 is 23.2 Å². The Balaban J connectivity index is 2.11. The van der Waals surface area contributed by atoms with E-state index in [-0.39, 0.29) is 0 Å². The molecule has 0 bridgehead atoms. The van der Waals surface area contributed by atoms with E-state index in [1.807, 2.05) is 18.2 Å². The minimum Gasteiger partial charge on any atom is -0.0840 e. The molecule has 18 heavy (non-hydrogen) atoms. The van der Waals surface area contributed by atoms with Gasteiger partial charge in [0.15, 0.2) is 0 Å². The standard InChI is InChI=1S/C16H15Cl2/c1-2-12-5-3-6-13(11-12)9-10-14-15(17)7-4-8-16(14)18/h3-8,10-11H,2,9H2,1H3. The normalized spacial score (nSPS) is 10.6. The lowest BCUT2D eigenvalue weighted by molar-refractivity contribution is 1.10. The SMILES string of the molecule is CCc1cccc(C[CH]c2c(Cl)cccc2Cl)c1. The van der Waals surface area contributed by atoms with Crippen LogP contribution in [0.5, 0.6) is 0 Å². The van der Waals surface area contributed by atoms with Gasteiger partial charge in [-0.25, -0.2) is 0 Å². The molecule has 2 heteroatoms. The summed E-state index contributed by atoms with van der Waals surface area (Å²) in [6, 6.07) is 14.2. The van der Waals surface area contributed by atoms with Gasteiger partial charge < -0.3 is 0 Å². The molecule has 1 radical (unpaired) electrons. The predicted octanol–water partition coefficient (Wildman–Crippen LogP) is 5.35. The molecule has 0 nitrogen and oxygen atoms in total. The Kier molecular flexibility index (Phi) is 4.68. The molecule has 0 N–H and O–H groups in total. The van der Waals surface area contributed by atoms with E-state index in [1.54, 1.807) is 0 Å². The van der Waals surface area contributed by atoms with Gasteiger partial charge in [-0.05, 0) is 48.1 Å². The van der Waals surface area contributed by atoms with Crippen LogP contribution in [-0.2, 0) is 12.8 Å². The molecule has 0 saturated heterocycles. The van der Waals surface area contributed by atoms with Crippen LogP contribution in [0.2, 0.25) is 10.0 Å². The van der Waals surface area contributed by atoms with Gasteiger partial charge in [-0.2, -0.15) is 0 Å². The monoisotopic (exact) mass is 277 g/mol. The summed E-state index contributed by atoms with van der Waals surface area (Å²) in [6.07, 6.45) is 3.98. The first-order chi connectivity index (χ1) is 8.70. The predicted molar refractivity (Wildman–Crippen MR) is 79.4 cm³/mol. The van der Waals surface area contributed by atoms with Crippen molar-refractivity contribution in [3.05, 3.63) is 75.6 Å². The average molecular weight is 278 g/mol. The summed E-state index contributed by atoms with van der Waals surface area (Å²) >= 11 is 12.3. The zero-order valence-electron chi connectivity index (χ0n) is 10.3. The molecule has 0 atom stereocenters. The number of benzene rings is 2. The van der Waals surface area contributed by atoms with E-state index >= 15 is 0 Å². The lowest BCUT2D eigenvalue weighted by Crippen LogP contribution is -1.92. The van der Waals surface area contributed by atoms with Crippen LogP contribution >= 0.6 is 23.2 Å². The molecule has 0 aliphatic rings. The van der Waals surface area contributed by atoms with E-state index in [9.17, 15) is 0 Å². The highest BCUT2D eigenvalue weighted by molar-refractivity contribution is 6.36. The summed E-state index contributed by atoms with van der Waals surface area (Å²) < 4.78 is 0. The lowest BCUT2D eigenvalue weighted by Gasteiger charge is -2.07. The Labute approximate surface area is 119 Å². The lowest BCUT2D eigenvalue weighted by atomic mass is 10.0. The van der Waals surface area contributed by atoms with E-state index in [0.29, 0.717) is 10.0 Å². The fraction of sp³-hybridized carbons (Fsp3) is 0.188. The van der Waals surface area contributed by atoms with Crippen LogP contribution in [0.1, 0.15) is 23.6 Å². The Bertz CT molecular complexity index is 512. The topological polar surface area (TPSA) is 0 Å². The van der Waals surface area contributed by atoms with Crippen molar-refractivity contribution in [2.24, 2.45) is 0 Å². The Morgan fingerprint density at radius 3 is 2.22 bits per heavy atom. The smallest absolute Gasteiger partial charge is 0.0456 e. The van der Waals surface area contributed by atoms with E-state index in [0.717, 1.165) is 18.4 Å². The van der Waals surface area contributed by atoms with E-state index in [1.165, 1.54) is 11.1 Å². The van der Waals surface area contributed by atoms with Crippen LogP contribution in [0.15, 0.2) is 42.5 Å². The van der Waals surface area contributed by atoms with Crippen molar-refractivity contribution in [3.8, 4) is 0 Å². The zero-order valence-corrected chi connectivity index (χ0v) is 11.8. The van der Waals surface area contributed by atoms with Crippen molar-refractivity contribution in [3.63, 3.8) is 0 Å². The molecule has 0 aliphatic heterocycles. The molecule has 93 valence electrons. The van der Waals surface area contributed by atoms with Gasteiger partial charge in [0.05, 0.1) is 0 Å². The zero-order chi connectivity index (χ0) is 13.0. The third-order valence-electron chi connectivity index (χ3n) is 2.94. The minimum absolute atomic E-state index is 0.703. The van der Waals surface area contributed by atoms with E-state index in [2.05, 4.69) is 37.6 Å². The van der Waals surface area contributed by atoms with Crippen molar-refractivity contribution in [1.29, 1.82) is 0 Å². The molecular formula is C16H15Cl2. The second-order valence-corrected chi connectivity index (χ2v) is 5.03. The molecule has 0 aliphatic carbocycles. The maximum Gasteiger partial charge on any atom is 0.0456 e. The van der Waals surface area contributed by atoms with Crippen LogP contribution in [0, 0.1) is 6.42 Å². The number of halogens is 2. The number of hydrogen-bond acceptors (Lipinski definition) is 0. The molecule has 0 fully saturated rings. The van der Waals surface area contributed by atoms with Gasteiger partial charge in [-0.15, -0.1) is 0 Å². The fourth-order valence-electron chi connectivity index (χ4n) is 1.90. The molecule has 2 aromatic carbocycles.